The summed E-state index contributed by atoms with van der Waals surface area (Å²) in [7, 11) is 0. The summed E-state index contributed by atoms with van der Waals surface area (Å²) in [5.41, 5.74) is 6.41. The Labute approximate surface area is 81.0 Å². The number of rotatable bonds is 3. The van der Waals surface area contributed by atoms with Gasteiger partial charge < -0.3 is 16.0 Å². The third-order valence-electron chi connectivity index (χ3n) is 2.58. The lowest BCUT2D eigenvalue weighted by Crippen LogP contribution is -2.40. The predicted octanol–water partition coefficient (Wildman–Crippen LogP) is 0.880. The third-order valence-corrected chi connectivity index (χ3v) is 2.58. The van der Waals surface area contributed by atoms with Crippen LogP contribution >= 0.6 is 0 Å². The van der Waals surface area contributed by atoms with Crippen LogP contribution in [-0.4, -0.2) is 30.6 Å². The van der Waals surface area contributed by atoms with E-state index in [1.54, 1.807) is 0 Å². The molecule has 0 spiro atoms. The molecule has 0 aromatic rings. The summed E-state index contributed by atoms with van der Waals surface area (Å²) in [4.78, 5) is 2.48. The second-order valence-electron chi connectivity index (χ2n) is 3.76. The first-order valence-electron chi connectivity index (χ1n) is 5.13. The van der Waals surface area contributed by atoms with Crippen molar-refractivity contribution in [3.63, 3.8) is 0 Å². The molecule has 1 heterocycles. The summed E-state index contributed by atoms with van der Waals surface area (Å²) in [6.07, 6.45) is 4.39. The van der Waals surface area contributed by atoms with Crippen LogP contribution in [0, 0.1) is 0 Å². The van der Waals surface area contributed by atoms with Crippen LogP contribution in [0.1, 0.15) is 26.7 Å². The third kappa shape index (κ3) is 3.68. The summed E-state index contributed by atoms with van der Waals surface area (Å²) >= 11 is 0. The molecule has 0 aromatic heterocycles. The van der Waals surface area contributed by atoms with Gasteiger partial charge in [0.2, 0.25) is 0 Å². The van der Waals surface area contributed by atoms with Crippen molar-refractivity contribution in [2.24, 2.45) is 5.73 Å². The molecule has 1 fully saturated rings. The Hall–Kier alpha value is -0.700. The summed E-state index contributed by atoms with van der Waals surface area (Å²) in [6, 6.07) is 0.626. The Morgan fingerprint density at radius 3 is 2.62 bits per heavy atom. The quantitative estimate of drug-likeness (QED) is 0.682. The van der Waals surface area contributed by atoms with E-state index in [1.807, 2.05) is 13.1 Å². The molecule has 1 saturated heterocycles. The topological polar surface area (TPSA) is 41.3 Å². The summed E-state index contributed by atoms with van der Waals surface area (Å²) in [5, 5.41) is 3.35. The number of nitrogens with one attached hydrogen (secondary N) is 1. The highest BCUT2D eigenvalue weighted by Gasteiger charge is 2.16. The molecule has 1 rings (SSSR count). The predicted molar refractivity (Wildman–Crippen MR) is 56.2 cm³/mol. The van der Waals surface area contributed by atoms with Crippen LogP contribution in [0.3, 0.4) is 0 Å². The second kappa shape index (κ2) is 5.12. The Morgan fingerprint density at radius 1 is 1.54 bits per heavy atom. The molecule has 0 aromatic carbocycles. The zero-order valence-electron chi connectivity index (χ0n) is 8.71. The first kappa shape index (κ1) is 10.4. The molecule has 1 aliphatic rings. The van der Waals surface area contributed by atoms with Crippen molar-refractivity contribution in [1.29, 1.82) is 0 Å². The van der Waals surface area contributed by atoms with E-state index in [2.05, 4.69) is 17.1 Å². The smallest absolute Gasteiger partial charge is 0.0280 e. The van der Waals surface area contributed by atoms with Gasteiger partial charge in [-0.05, 0) is 26.3 Å². The summed E-state index contributed by atoms with van der Waals surface area (Å²) in [5.74, 6) is 0. The van der Waals surface area contributed by atoms with Crippen LogP contribution in [0.2, 0.25) is 0 Å². The fourth-order valence-corrected chi connectivity index (χ4v) is 1.67. The zero-order valence-corrected chi connectivity index (χ0v) is 8.71. The monoisotopic (exact) mass is 183 g/mol. The van der Waals surface area contributed by atoms with Gasteiger partial charge in [0.1, 0.15) is 0 Å². The molecule has 0 amide bonds. The number of allylic oxidation sites excluding steroid dienone is 1. The SMILES string of the molecule is CCN1CCC(N/C=C(/C)N)CC1. The number of nitrogens with zero attached hydrogens (tertiary/aromatic N) is 1. The van der Waals surface area contributed by atoms with E-state index in [1.165, 1.54) is 32.5 Å². The minimum absolute atomic E-state index is 0.626. The maximum absolute atomic E-state index is 5.55. The van der Waals surface area contributed by atoms with Gasteiger partial charge in [-0.1, -0.05) is 6.92 Å². The number of piperidine rings is 1. The van der Waals surface area contributed by atoms with E-state index in [0.717, 1.165) is 5.70 Å². The van der Waals surface area contributed by atoms with Crippen molar-refractivity contribution in [2.75, 3.05) is 19.6 Å². The van der Waals surface area contributed by atoms with Gasteiger partial charge >= 0.3 is 0 Å². The van der Waals surface area contributed by atoms with Crippen LogP contribution in [0.5, 0.6) is 0 Å². The average molecular weight is 183 g/mol. The highest BCUT2D eigenvalue weighted by atomic mass is 15.1. The lowest BCUT2D eigenvalue weighted by molar-refractivity contribution is 0.213. The van der Waals surface area contributed by atoms with Gasteiger partial charge in [0.15, 0.2) is 0 Å². The second-order valence-corrected chi connectivity index (χ2v) is 3.76. The van der Waals surface area contributed by atoms with Crippen molar-refractivity contribution >= 4 is 0 Å². The van der Waals surface area contributed by atoms with E-state index in [4.69, 9.17) is 5.73 Å². The van der Waals surface area contributed by atoms with Crippen molar-refractivity contribution in [1.82, 2.24) is 10.2 Å². The molecule has 0 aliphatic carbocycles. The molecule has 13 heavy (non-hydrogen) atoms. The van der Waals surface area contributed by atoms with Crippen LogP contribution in [0.4, 0.5) is 0 Å². The number of hydrogen-bond acceptors (Lipinski definition) is 3. The first-order chi connectivity index (χ1) is 6.22. The molecule has 0 unspecified atom stereocenters. The molecule has 0 radical (unpaired) electrons. The zero-order chi connectivity index (χ0) is 9.68. The van der Waals surface area contributed by atoms with Gasteiger partial charge in [-0.2, -0.15) is 0 Å². The van der Waals surface area contributed by atoms with E-state index in [-0.39, 0.29) is 0 Å². The number of hydrogen-bond donors (Lipinski definition) is 2. The highest BCUT2D eigenvalue weighted by molar-refractivity contribution is 4.92. The highest BCUT2D eigenvalue weighted by Crippen LogP contribution is 2.09. The number of likely N-dealkylation sites (tertiary alicyclic amines) is 1. The van der Waals surface area contributed by atoms with E-state index < -0.39 is 0 Å². The van der Waals surface area contributed by atoms with Crippen LogP contribution in [0.15, 0.2) is 11.9 Å². The lowest BCUT2D eigenvalue weighted by Gasteiger charge is -2.31. The van der Waals surface area contributed by atoms with Crippen LogP contribution in [-0.2, 0) is 0 Å². The molecular formula is C10H21N3. The molecular weight excluding hydrogens is 162 g/mol. The summed E-state index contributed by atoms with van der Waals surface area (Å²) in [6.45, 7) is 7.74. The average Bonchev–Trinajstić information content (AvgIpc) is 2.15. The van der Waals surface area contributed by atoms with E-state index >= 15 is 0 Å². The largest absolute Gasteiger partial charge is 0.401 e. The van der Waals surface area contributed by atoms with Crippen molar-refractivity contribution in [3.8, 4) is 0 Å². The van der Waals surface area contributed by atoms with Gasteiger partial charge in [0, 0.05) is 31.0 Å². The first-order valence-corrected chi connectivity index (χ1v) is 5.13. The molecule has 3 nitrogen and oxygen atoms in total. The van der Waals surface area contributed by atoms with Gasteiger partial charge in [0.05, 0.1) is 0 Å². The maximum atomic E-state index is 5.55. The minimum atomic E-state index is 0.626. The Kier molecular flexibility index (Phi) is 4.09. The van der Waals surface area contributed by atoms with Crippen molar-refractivity contribution in [3.05, 3.63) is 11.9 Å². The van der Waals surface area contributed by atoms with Gasteiger partial charge in [-0.15, -0.1) is 0 Å². The maximum Gasteiger partial charge on any atom is 0.0280 e. The van der Waals surface area contributed by atoms with Crippen LogP contribution in [0.25, 0.3) is 0 Å². The molecule has 0 saturated carbocycles. The fraction of sp³-hybridized carbons (Fsp3) is 0.800. The van der Waals surface area contributed by atoms with Gasteiger partial charge in [-0.3, -0.25) is 0 Å². The molecule has 0 bridgehead atoms. The normalized spacial score (nSPS) is 21.8. The van der Waals surface area contributed by atoms with Gasteiger partial charge in [0.25, 0.3) is 0 Å². The molecule has 0 atom stereocenters. The molecule has 3 N–H and O–H groups in total. The standard InChI is InChI=1S/C10H21N3/c1-3-13-6-4-10(5-7-13)12-8-9(2)11/h8,10,12H,3-7,11H2,1-2H3/b9-8-. The van der Waals surface area contributed by atoms with E-state index in [9.17, 15) is 0 Å². The Bertz CT molecular complexity index is 165. The molecule has 3 heteroatoms. The lowest BCUT2D eigenvalue weighted by atomic mass is 10.1. The van der Waals surface area contributed by atoms with Crippen molar-refractivity contribution in [2.45, 2.75) is 32.7 Å². The Balaban J connectivity index is 2.21. The van der Waals surface area contributed by atoms with Crippen molar-refractivity contribution < 1.29 is 0 Å². The van der Waals surface area contributed by atoms with Gasteiger partial charge in [-0.25, -0.2) is 0 Å². The number of nitrogens with two attached hydrogens (primary N) is 1. The minimum Gasteiger partial charge on any atom is -0.401 e. The fourth-order valence-electron chi connectivity index (χ4n) is 1.67. The Morgan fingerprint density at radius 2 is 2.15 bits per heavy atom. The molecule has 1 aliphatic heterocycles. The summed E-state index contributed by atoms with van der Waals surface area (Å²) < 4.78 is 0. The van der Waals surface area contributed by atoms with E-state index in [0.29, 0.717) is 6.04 Å². The van der Waals surface area contributed by atoms with Crippen LogP contribution < -0.4 is 11.1 Å². The molecule has 76 valence electrons.